The Morgan fingerprint density at radius 1 is 1.09 bits per heavy atom. The van der Waals surface area contributed by atoms with E-state index < -0.39 is 35.4 Å². The zero-order valence-electron chi connectivity index (χ0n) is 18.7. The van der Waals surface area contributed by atoms with E-state index >= 15 is 4.39 Å². The Kier molecular flexibility index (Phi) is 7.35. The molecule has 0 aliphatic carbocycles. The largest absolute Gasteiger partial charge is 0.382 e. The Labute approximate surface area is 191 Å². The summed E-state index contributed by atoms with van der Waals surface area (Å²) in [5, 5.41) is 2.21. The summed E-state index contributed by atoms with van der Waals surface area (Å²) in [5.41, 5.74) is 0.127. The number of likely N-dealkylation sites (tertiary alicyclic amines) is 1. The number of fused-ring (bicyclic) bond motifs is 1. The Bertz CT molecular complexity index is 933. The maximum absolute atomic E-state index is 15.5. The van der Waals surface area contributed by atoms with Gasteiger partial charge in [0.2, 0.25) is 11.8 Å². The smallest absolute Gasteiger partial charge is 0.255 e. The third kappa shape index (κ3) is 4.92. The molecule has 1 atom stereocenters. The van der Waals surface area contributed by atoms with Crippen LogP contribution in [-0.4, -0.2) is 80.1 Å². The number of hydrogen-bond acceptors (Lipinski definition) is 6. The fourth-order valence-corrected chi connectivity index (χ4v) is 4.91. The molecule has 1 unspecified atom stereocenters. The minimum Gasteiger partial charge on any atom is -0.382 e. The van der Waals surface area contributed by atoms with E-state index in [1.54, 1.807) is 7.11 Å². The summed E-state index contributed by atoms with van der Waals surface area (Å²) < 4.78 is 40.9. The monoisotopic (exact) mass is 465 g/mol. The van der Waals surface area contributed by atoms with Crippen molar-refractivity contribution < 1.29 is 32.6 Å². The van der Waals surface area contributed by atoms with Gasteiger partial charge in [-0.05, 0) is 44.3 Å². The first kappa shape index (κ1) is 23.7. The predicted octanol–water partition coefficient (Wildman–Crippen LogP) is 1.57. The molecule has 33 heavy (non-hydrogen) atoms. The Morgan fingerprint density at radius 2 is 1.85 bits per heavy atom. The van der Waals surface area contributed by atoms with Crippen molar-refractivity contribution in [3.05, 3.63) is 34.4 Å². The molecule has 0 saturated carbocycles. The van der Waals surface area contributed by atoms with Crippen molar-refractivity contribution in [1.29, 1.82) is 0 Å². The first-order valence-corrected chi connectivity index (χ1v) is 11.3. The molecule has 2 fully saturated rings. The third-order valence-corrected chi connectivity index (χ3v) is 6.74. The molecule has 8 nitrogen and oxygen atoms in total. The number of hydrogen-bond donors (Lipinski definition) is 1. The second-order valence-corrected chi connectivity index (χ2v) is 8.73. The number of piperidine rings is 2. The molecule has 3 heterocycles. The number of carbonyl (C=O) groups is 3. The highest BCUT2D eigenvalue weighted by molar-refractivity contribution is 6.05. The van der Waals surface area contributed by atoms with Gasteiger partial charge in [-0.1, -0.05) is 0 Å². The van der Waals surface area contributed by atoms with Gasteiger partial charge in [-0.2, -0.15) is 0 Å². The van der Waals surface area contributed by atoms with Crippen molar-refractivity contribution in [2.45, 2.75) is 44.2 Å². The van der Waals surface area contributed by atoms with E-state index in [0.717, 1.165) is 12.6 Å². The van der Waals surface area contributed by atoms with E-state index in [1.807, 2.05) is 0 Å². The van der Waals surface area contributed by atoms with Gasteiger partial charge < -0.3 is 19.3 Å². The number of benzene rings is 1. The van der Waals surface area contributed by atoms with Crippen LogP contribution >= 0.6 is 0 Å². The van der Waals surface area contributed by atoms with E-state index in [0.29, 0.717) is 45.8 Å². The first-order chi connectivity index (χ1) is 15.9. The normalized spacial score (nSPS) is 22.1. The van der Waals surface area contributed by atoms with Gasteiger partial charge in [0, 0.05) is 31.2 Å². The van der Waals surface area contributed by atoms with Gasteiger partial charge in [0.05, 0.1) is 31.9 Å². The lowest BCUT2D eigenvalue weighted by atomic mass is 9.86. The van der Waals surface area contributed by atoms with Crippen molar-refractivity contribution in [2.75, 3.05) is 46.6 Å². The van der Waals surface area contributed by atoms with Gasteiger partial charge in [-0.25, -0.2) is 8.78 Å². The lowest BCUT2D eigenvalue weighted by Crippen LogP contribution is -2.52. The van der Waals surface area contributed by atoms with Gasteiger partial charge >= 0.3 is 0 Å². The van der Waals surface area contributed by atoms with Crippen molar-refractivity contribution in [3.8, 4) is 0 Å². The van der Waals surface area contributed by atoms with Crippen molar-refractivity contribution in [3.63, 3.8) is 0 Å². The molecular weight excluding hydrogens is 436 g/mol. The van der Waals surface area contributed by atoms with E-state index in [-0.39, 0.29) is 42.0 Å². The topological polar surface area (TPSA) is 88.2 Å². The molecule has 4 rings (SSSR count). The zero-order valence-corrected chi connectivity index (χ0v) is 18.7. The highest BCUT2D eigenvalue weighted by atomic mass is 19.1. The van der Waals surface area contributed by atoms with Crippen molar-refractivity contribution >= 4 is 17.7 Å². The van der Waals surface area contributed by atoms with E-state index in [2.05, 4.69) is 10.2 Å². The number of carbonyl (C=O) groups excluding carboxylic acids is 3. The molecular formula is C23H29F2N3O5. The van der Waals surface area contributed by atoms with Gasteiger partial charge in [-0.3, -0.25) is 19.7 Å². The standard InChI is InChI=1S/C23H29F2N3O5/c1-32-10-11-33-9-8-27-6-4-14(5-7-27)20-17(24)12-15-16(21(20)25)13-28(23(15)31)18-2-3-19(29)26-22(18)30/h12,14,18H,2-11,13H2,1H3,(H,26,29,30). The fraction of sp³-hybridized carbons (Fsp3) is 0.609. The minimum atomic E-state index is -0.858. The Balaban J connectivity index is 1.42. The number of ether oxygens (including phenoxy) is 2. The number of methoxy groups -OCH3 is 1. The van der Waals surface area contributed by atoms with E-state index in [9.17, 15) is 18.8 Å². The SMILES string of the molecule is COCCOCCN1CCC(c2c(F)cc3c(c2F)CN(C2CCC(=O)NC2=O)C3=O)CC1. The average molecular weight is 465 g/mol. The zero-order chi connectivity index (χ0) is 23.5. The number of imide groups is 1. The second-order valence-electron chi connectivity index (χ2n) is 8.73. The molecule has 1 aromatic carbocycles. The van der Waals surface area contributed by atoms with Crippen LogP contribution < -0.4 is 5.32 Å². The first-order valence-electron chi connectivity index (χ1n) is 11.3. The number of rotatable bonds is 8. The van der Waals surface area contributed by atoms with Crippen LogP contribution in [0.5, 0.6) is 0 Å². The quantitative estimate of drug-likeness (QED) is 0.463. The molecule has 3 aliphatic rings. The molecule has 2 saturated heterocycles. The number of amides is 3. The molecule has 0 bridgehead atoms. The van der Waals surface area contributed by atoms with Crippen LogP contribution in [0.15, 0.2) is 6.07 Å². The second kappa shape index (κ2) is 10.2. The summed E-state index contributed by atoms with van der Waals surface area (Å²) in [5.74, 6) is -3.23. The minimum absolute atomic E-state index is 0.0302. The van der Waals surface area contributed by atoms with E-state index in [4.69, 9.17) is 9.47 Å². The molecule has 1 aromatic rings. The van der Waals surface area contributed by atoms with Gasteiger partial charge in [0.15, 0.2) is 0 Å². The summed E-state index contributed by atoms with van der Waals surface area (Å²) in [6.07, 6.45) is 1.49. The van der Waals surface area contributed by atoms with Gasteiger partial charge in [-0.15, -0.1) is 0 Å². The van der Waals surface area contributed by atoms with E-state index in [1.165, 1.54) is 4.90 Å². The van der Waals surface area contributed by atoms with Crippen LogP contribution in [0.3, 0.4) is 0 Å². The number of nitrogens with zero attached hydrogens (tertiary/aromatic N) is 2. The van der Waals surface area contributed by atoms with Crippen LogP contribution in [0, 0.1) is 11.6 Å². The van der Waals surface area contributed by atoms with Crippen molar-refractivity contribution in [1.82, 2.24) is 15.1 Å². The summed E-state index contributed by atoms with van der Waals surface area (Å²) in [6.45, 7) is 3.72. The third-order valence-electron chi connectivity index (χ3n) is 6.74. The lowest BCUT2D eigenvalue weighted by molar-refractivity contribution is -0.136. The molecule has 180 valence electrons. The lowest BCUT2D eigenvalue weighted by Gasteiger charge is -2.32. The van der Waals surface area contributed by atoms with Gasteiger partial charge in [0.25, 0.3) is 5.91 Å². The van der Waals surface area contributed by atoms with Crippen LogP contribution in [0.4, 0.5) is 8.78 Å². The average Bonchev–Trinajstić information content (AvgIpc) is 3.11. The summed E-state index contributed by atoms with van der Waals surface area (Å²) >= 11 is 0. The molecule has 3 amide bonds. The molecule has 10 heteroatoms. The molecule has 0 spiro atoms. The van der Waals surface area contributed by atoms with Gasteiger partial charge in [0.1, 0.15) is 17.7 Å². The number of halogens is 2. The van der Waals surface area contributed by atoms with Crippen LogP contribution in [-0.2, 0) is 25.6 Å². The maximum atomic E-state index is 15.5. The predicted molar refractivity (Wildman–Crippen MR) is 114 cm³/mol. The summed E-state index contributed by atoms with van der Waals surface area (Å²) in [4.78, 5) is 39.9. The Hall–Kier alpha value is -2.43. The molecule has 3 aliphatic heterocycles. The fourth-order valence-electron chi connectivity index (χ4n) is 4.91. The molecule has 0 radical (unpaired) electrons. The van der Waals surface area contributed by atoms with Crippen molar-refractivity contribution in [2.24, 2.45) is 0 Å². The molecule has 0 aromatic heterocycles. The van der Waals surface area contributed by atoms with Crippen LogP contribution in [0.2, 0.25) is 0 Å². The highest BCUT2D eigenvalue weighted by Crippen LogP contribution is 2.38. The van der Waals surface area contributed by atoms with Crippen LogP contribution in [0.25, 0.3) is 0 Å². The maximum Gasteiger partial charge on any atom is 0.255 e. The summed E-state index contributed by atoms with van der Waals surface area (Å²) in [7, 11) is 1.62. The molecule has 1 N–H and O–H groups in total. The number of nitrogens with one attached hydrogen (secondary N) is 1. The van der Waals surface area contributed by atoms with Crippen LogP contribution in [0.1, 0.15) is 53.1 Å². The highest BCUT2D eigenvalue weighted by Gasteiger charge is 2.42. The Morgan fingerprint density at radius 3 is 2.55 bits per heavy atom. The summed E-state index contributed by atoms with van der Waals surface area (Å²) in [6, 6.07) is 0.251.